The third-order valence-corrected chi connectivity index (χ3v) is 7.43. The molecule has 2 fully saturated rings. The van der Waals surface area contributed by atoms with Gasteiger partial charge in [-0.1, -0.05) is 5.16 Å². The van der Waals surface area contributed by atoms with Crippen LogP contribution in [0.25, 0.3) is 11.6 Å². The molecule has 0 unspecified atom stereocenters. The van der Waals surface area contributed by atoms with Crippen LogP contribution < -0.4 is 5.73 Å². The maximum Gasteiger partial charge on any atom is 0.274 e. The summed E-state index contributed by atoms with van der Waals surface area (Å²) in [5.41, 5.74) is 6.17. The van der Waals surface area contributed by atoms with E-state index in [1.807, 2.05) is 0 Å². The van der Waals surface area contributed by atoms with E-state index in [4.69, 9.17) is 10.3 Å². The topological polar surface area (TPSA) is 118 Å². The molecule has 3 N–H and O–H groups in total. The monoisotopic (exact) mass is 405 g/mol. The van der Waals surface area contributed by atoms with E-state index in [0.29, 0.717) is 24.6 Å². The Kier molecular flexibility index (Phi) is 5.18. The molecule has 25 heavy (non-hydrogen) atoms. The minimum atomic E-state index is -3.49. The van der Waals surface area contributed by atoms with Gasteiger partial charge in [-0.3, -0.25) is 0 Å². The highest BCUT2D eigenvalue weighted by atomic mass is 35.5. The maximum atomic E-state index is 12.7. The van der Waals surface area contributed by atoms with Gasteiger partial charge in [0.05, 0.1) is 5.54 Å². The second kappa shape index (κ2) is 6.92. The van der Waals surface area contributed by atoms with Gasteiger partial charge in [-0.15, -0.1) is 12.4 Å². The van der Waals surface area contributed by atoms with E-state index >= 15 is 0 Å². The molecular weight excluding hydrogens is 386 g/mol. The Morgan fingerprint density at radius 3 is 2.68 bits per heavy atom. The van der Waals surface area contributed by atoms with E-state index in [0.717, 1.165) is 30.8 Å². The molecule has 1 aliphatic carbocycles. The lowest BCUT2D eigenvalue weighted by Crippen LogP contribution is -2.44. The van der Waals surface area contributed by atoms with Gasteiger partial charge in [0, 0.05) is 30.8 Å². The number of aromatic amines is 1. The number of sulfonamides is 1. The van der Waals surface area contributed by atoms with Crippen molar-refractivity contribution in [1.82, 2.24) is 19.4 Å². The number of nitrogens with one attached hydrogen (secondary N) is 1. The van der Waals surface area contributed by atoms with Crippen LogP contribution in [0.5, 0.6) is 0 Å². The molecule has 1 saturated carbocycles. The Hall–Kier alpha value is -1.07. The molecule has 0 aromatic carbocycles. The average Bonchev–Trinajstić information content (AvgIpc) is 3.23. The van der Waals surface area contributed by atoms with E-state index in [1.165, 1.54) is 10.5 Å². The van der Waals surface area contributed by atoms with Crippen LogP contribution in [0.2, 0.25) is 0 Å². The normalized spacial score (nSPS) is 20.7. The quantitative estimate of drug-likeness (QED) is 0.792. The molecule has 0 radical (unpaired) electrons. The van der Waals surface area contributed by atoms with Gasteiger partial charge < -0.3 is 15.2 Å². The Balaban J connectivity index is 0.00000182. The molecule has 1 aliphatic heterocycles. The number of nitrogens with two attached hydrogens (primary N) is 1. The minimum absolute atomic E-state index is 0. The molecule has 3 heterocycles. The Morgan fingerprint density at radius 1 is 1.32 bits per heavy atom. The van der Waals surface area contributed by atoms with Crippen molar-refractivity contribution < 1.29 is 12.9 Å². The predicted molar refractivity (Wildman–Crippen MR) is 97.1 cm³/mol. The van der Waals surface area contributed by atoms with Crippen molar-refractivity contribution in [3.8, 4) is 11.6 Å². The van der Waals surface area contributed by atoms with Gasteiger partial charge in [0.25, 0.3) is 5.89 Å². The van der Waals surface area contributed by atoms with Crippen molar-refractivity contribution in [2.75, 3.05) is 24.6 Å². The third-order valence-electron chi connectivity index (χ3n) is 4.61. The lowest BCUT2D eigenvalue weighted by Gasteiger charge is -2.34. The van der Waals surface area contributed by atoms with Gasteiger partial charge in [0.1, 0.15) is 10.6 Å². The summed E-state index contributed by atoms with van der Waals surface area (Å²) in [6, 6.07) is 1.54. The second-order valence-electron chi connectivity index (χ2n) is 6.20. The van der Waals surface area contributed by atoms with Crippen molar-refractivity contribution in [2.45, 2.75) is 29.7 Å². The fourth-order valence-corrected chi connectivity index (χ4v) is 5.47. The number of aromatic nitrogens is 3. The first kappa shape index (κ1) is 18.7. The highest BCUT2D eigenvalue weighted by Gasteiger charge is 2.39. The summed E-state index contributed by atoms with van der Waals surface area (Å²) in [6.45, 7) is 1.07. The Labute approximate surface area is 156 Å². The van der Waals surface area contributed by atoms with Gasteiger partial charge in [0.2, 0.25) is 10.0 Å². The van der Waals surface area contributed by atoms with Crippen LogP contribution >= 0.6 is 24.2 Å². The molecule has 0 bridgehead atoms. The summed E-state index contributed by atoms with van der Waals surface area (Å²) >= 11 is 1.77. The first-order valence-electron chi connectivity index (χ1n) is 7.89. The van der Waals surface area contributed by atoms with Crippen molar-refractivity contribution in [3.63, 3.8) is 0 Å². The number of H-pyrrole nitrogens is 1. The maximum absolute atomic E-state index is 12.7. The fourth-order valence-electron chi connectivity index (χ4n) is 2.90. The van der Waals surface area contributed by atoms with Gasteiger partial charge in [-0.25, -0.2) is 8.42 Å². The van der Waals surface area contributed by atoms with Crippen molar-refractivity contribution in [3.05, 3.63) is 18.1 Å². The molecular formula is C14H20ClN5O3S2. The number of hydrogen-bond donors (Lipinski definition) is 2. The highest BCUT2D eigenvalue weighted by molar-refractivity contribution is 7.99. The van der Waals surface area contributed by atoms with Crippen LogP contribution in [0.3, 0.4) is 0 Å². The molecule has 1 saturated heterocycles. The molecule has 0 amide bonds. The van der Waals surface area contributed by atoms with Gasteiger partial charge in [-0.05, 0) is 25.3 Å². The van der Waals surface area contributed by atoms with Crippen LogP contribution in [0, 0.1) is 0 Å². The third kappa shape index (κ3) is 3.33. The number of hydrogen-bond acceptors (Lipinski definition) is 7. The summed E-state index contributed by atoms with van der Waals surface area (Å²) in [4.78, 5) is 7.47. The van der Waals surface area contributed by atoms with Crippen molar-refractivity contribution >= 4 is 34.2 Å². The average molecular weight is 406 g/mol. The standard InChI is InChI=1S/C14H19N5O3S2.ClH/c15-14(2-1-3-14)13-17-12(22-18-13)11-8-10(9-16-11)24(20,21)19-4-6-23-7-5-19;/h8-9,16H,1-7,15H2;1H. The first-order valence-corrected chi connectivity index (χ1v) is 10.5. The molecule has 138 valence electrons. The zero-order chi connectivity index (χ0) is 16.8. The minimum Gasteiger partial charge on any atom is -0.356 e. The van der Waals surface area contributed by atoms with Gasteiger partial charge >= 0.3 is 0 Å². The molecule has 2 aromatic heterocycles. The van der Waals surface area contributed by atoms with Gasteiger partial charge in [0.15, 0.2) is 5.82 Å². The smallest absolute Gasteiger partial charge is 0.274 e. The zero-order valence-corrected chi connectivity index (χ0v) is 15.9. The molecule has 0 spiro atoms. The van der Waals surface area contributed by atoms with Crippen molar-refractivity contribution in [1.29, 1.82) is 0 Å². The number of rotatable bonds is 4. The second-order valence-corrected chi connectivity index (χ2v) is 9.36. The van der Waals surface area contributed by atoms with E-state index in [-0.39, 0.29) is 23.2 Å². The lowest BCUT2D eigenvalue weighted by molar-refractivity contribution is 0.229. The number of thioether (sulfide) groups is 1. The van der Waals surface area contributed by atoms with Crippen LogP contribution in [0.4, 0.5) is 0 Å². The molecule has 2 aromatic rings. The van der Waals surface area contributed by atoms with Crippen LogP contribution in [-0.2, 0) is 15.6 Å². The summed E-state index contributed by atoms with van der Waals surface area (Å²) in [6.07, 6.45) is 4.20. The predicted octanol–water partition coefficient (Wildman–Crippen LogP) is 1.56. The summed E-state index contributed by atoms with van der Waals surface area (Å²) < 4.78 is 32.1. The molecule has 0 atom stereocenters. The molecule has 11 heteroatoms. The molecule has 8 nitrogen and oxygen atoms in total. The van der Waals surface area contributed by atoms with E-state index in [9.17, 15) is 8.42 Å². The van der Waals surface area contributed by atoms with E-state index in [1.54, 1.807) is 17.8 Å². The van der Waals surface area contributed by atoms with Gasteiger partial charge in [-0.2, -0.15) is 21.1 Å². The molecule has 4 rings (SSSR count). The summed E-state index contributed by atoms with van der Waals surface area (Å²) in [7, 11) is -3.49. The van der Waals surface area contributed by atoms with E-state index in [2.05, 4.69) is 15.1 Å². The number of nitrogens with zero attached hydrogens (tertiary/aromatic N) is 3. The van der Waals surface area contributed by atoms with Crippen LogP contribution in [0.1, 0.15) is 25.1 Å². The Morgan fingerprint density at radius 2 is 2.04 bits per heavy atom. The highest BCUT2D eigenvalue weighted by Crippen LogP contribution is 2.37. The van der Waals surface area contributed by atoms with Crippen molar-refractivity contribution in [2.24, 2.45) is 5.73 Å². The largest absolute Gasteiger partial charge is 0.356 e. The van der Waals surface area contributed by atoms with E-state index < -0.39 is 15.6 Å². The zero-order valence-electron chi connectivity index (χ0n) is 13.5. The van der Waals surface area contributed by atoms with Crippen LogP contribution in [-0.4, -0.2) is 52.4 Å². The molecule has 2 aliphatic rings. The van der Waals surface area contributed by atoms with Crippen LogP contribution in [0.15, 0.2) is 21.7 Å². The first-order chi connectivity index (χ1) is 11.5. The fraction of sp³-hybridized carbons (Fsp3) is 0.571. The lowest BCUT2D eigenvalue weighted by atomic mass is 9.77. The summed E-state index contributed by atoms with van der Waals surface area (Å²) in [5, 5.41) is 3.95. The summed E-state index contributed by atoms with van der Waals surface area (Å²) in [5.74, 6) is 2.39. The number of halogens is 1. The Bertz CT molecular complexity index is 840. The SMILES string of the molecule is Cl.NC1(c2noc(-c3cc(S(=O)(=O)N4CCSCC4)c[nH]3)n2)CCC1.